The van der Waals surface area contributed by atoms with E-state index in [1.165, 1.54) is 23.9 Å². The van der Waals surface area contributed by atoms with Crippen LogP contribution in [0.5, 0.6) is 0 Å². The van der Waals surface area contributed by atoms with Gasteiger partial charge in [0, 0.05) is 12.1 Å². The van der Waals surface area contributed by atoms with Crippen molar-refractivity contribution in [3.63, 3.8) is 0 Å². The Kier molecular flexibility index (Phi) is 5.74. The van der Waals surface area contributed by atoms with Gasteiger partial charge in [0.1, 0.15) is 5.82 Å². The summed E-state index contributed by atoms with van der Waals surface area (Å²) in [6.45, 7) is 2.75. The number of carbonyl (C=O) groups excluding carboxylic acids is 1. The average Bonchev–Trinajstić information content (AvgIpc) is 2.95. The summed E-state index contributed by atoms with van der Waals surface area (Å²) >= 11 is 1.18. The molecule has 2 rings (SSSR count). The lowest BCUT2D eigenvalue weighted by Crippen LogP contribution is -2.25. The van der Waals surface area contributed by atoms with Crippen LogP contribution in [0.3, 0.4) is 0 Å². The first-order valence-electron chi connectivity index (χ1n) is 6.68. The molecule has 0 atom stereocenters. The van der Waals surface area contributed by atoms with Gasteiger partial charge in [0.05, 0.1) is 5.75 Å². The predicted octanol–water partition coefficient (Wildman–Crippen LogP) is 2.88. The van der Waals surface area contributed by atoms with E-state index in [2.05, 4.69) is 22.4 Å². The number of unbranched alkanes of at least 4 members (excludes halogenated alkanes) is 1. The van der Waals surface area contributed by atoms with E-state index in [9.17, 15) is 9.18 Å². The van der Waals surface area contributed by atoms with Crippen LogP contribution < -0.4 is 5.32 Å². The Labute approximate surface area is 126 Å². The van der Waals surface area contributed by atoms with Crippen LogP contribution in [0.1, 0.15) is 19.8 Å². The minimum atomic E-state index is -0.323. The second-order valence-electron chi connectivity index (χ2n) is 4.37. The van der Waals surface area contributed by atoms with Gasteiger partial charge in [0.25, 0.3) is 5.22 Å². The predicted molar refractivity (Wildman–Crippen MR) is 78.3 cm³/mol. The number of thioether (sulfide) groups is 1. The van der Waals surface area contributed by atoms with Gasteiger partial charge in [0.2, 0.25) is 11.8 Å². The molecule has 112 valence electrons. The summed E-state index contributed by atoms with van der Waals surface area (Å²) in [6, 6.07) is 5.78. The molecular formula is C14H16FN3O2S. The second-order valence-corrected chi connectivity index (χ2v) is 5.30. The van der Waals surface area contributed by atoms with E-state index in [-0.39, 0.29) is 17.5 Å². The van der Waals surface area contributed by atoms with E-state index in [1.54, 1.807) is 12.1 Å². The van der Waals surface area contributed by atoms with Crippen molar-refractivity contribution in [2.24, 2.45) is 0 Å². The van der Waals surface area contributed by atoms with Gasteiger partial charge in [0.15, 0.2) is 0 Å². The molecule has 1 aromatic heterocycles. The van der Waals surface area contributed by atoms with Crippen LogP contribution in [0.4, 0.5) is 4.39 Å². The Morgan fingerprint density at radius 2 is 2.10 bits per heavy atom. The van der Waals surface area contributed by atoms with Crippen LogP contribution in [0.2, 0.25) is 0 Å². The Bertz CT molecular complexity index is 586. The molecule has 1 heterocycles. The molecule has 21 heavy (non-hydrogen) atoms. The summed E-state index contributed by atoms with van der Waals surface area (Å²) in [7, 11) is 0. The normalized spacial score (nSPS) is 10.6. The number of amides is 1. The number of carbonyl (C=O) groups is 1. The fourth-order valence-electron chi connectivity index (χ4n) is 1.56. The van der Waals surface area contributed by atoms with Crippen LogP contribution in [-0.4, -0.2) is 28.4 Å². The lowest BCUT2D eigenvalue weighted by Gasteiger charge is -2.01. The minimum Gasteiger partial charge on any atom is -0.411 e. The van der Waals surface area contributed by atoms with Crippen molar-refractivity contribution in [3.05, 3.63) is 30.1 Å². The lowest BCUT2D eigenvalue weighted by molar-refractivity contribution is -0.118. The maximum Gasteiger partial charge on any atom is 0.277 e. The Morgan fingerprint density at radius 3 is 2.81 bits per heavy atom. The van der Waals surface area contributed by atoms with E-state index < -0.39 is 0 Å². The molecule has 1 aromatic carbocycles. The summed E-state index contributed by atoms with van der Waals surface area (Å²) in [4.78, 5) is 11.5. The third-order valence-electron chi connectivity index (χ3n) is 2.68. The maximum absolute atomic E-state index is 12.8. The molecule has 0 aliphatic carbocycles. The third kappa shape index (κ3) is 4.86. The van der Waals surface area contributed by atoms with Crippen molar-refractivity contribution < 1.29 is 13.6 Å². The fraction of sp³-hybridized carbons (Fsp3) is 0.357. The Hall–Kier alpha value is -1.89. The van der Waals surface area contributed by atoms with Crippen LogP contribution in [0.25, 0.3) is 11.5 Å². The molecule has 0 spiro atoms. The summed E-state index contributed by atoms with van der Waals surface area (Å²) in [6.07, 6.45) is 2.00. The Morgan fingerprint density at radius 1 is 1.33 bits per heavy atom. The van der Waals surface area contributed by atoms with Gasteiger partial charge in [-0.15, -0.1) is 10.2 Å². The van der Waals surface area contributed by atoms with Crippen molar-refractivity contribution in [2.75, 3.05) is 12.3 Å². The molecule has 2 aromatic rings. The number of aromatic nitrogens is 2. The van der Waals surface area contributed by atoms with Gasteiger partial charge in [-0.05, 0) is 30.7 Å². The first-order chi connectivity index (χ1) is 10.2. The largest absolute Gasteiger partial charge is 0.411 e. The van der Waals surface area contributed by atoms with Crippen LogP contribution in [-0.2, 0) is 4.79 Å². The van der Waals surface area contributed by atoms with Crippen LogP contribution in [0, 0.1) is 5.82 Å². The number of halogens is 1. The summed E-state index contributed by atoms with van der Waals surface area (Å²) < 4.78 is 18.3. The first kappa shape index (κ1) is 15.5. The fourth-order valence-corrected chi connectivity index (χ4v) is 2.15. The SMILES string of the molecule is CCCCNC(=O)CSc1nnc(-c2ccc(F)cc2)o1. The van der Waals surface area contributed by atoms with Gasteiger partial charge in [-0.2, -0.15) is 0 Å². The zero-order chi connectivity index (χ0) is 15.1. The molecule has 1 amide bonds. The van der Waals surface area contributed by atoms with Gasteiger partial charge >= 0.3 is 0 Å². The molecule has 0 aliphatic heterocycles. The first-order valence-corrected chi connectivity index (χ1v) is 7.66. The van der Waals surface area contributed by atoms with Gasteiger partial charge in [-0.3, -0.25) is 4.79 Å². The number of nitrogens with one attached hydrogen (secondary N) is 1. The summed E-state index contributed by atoms with van der Waals surface area (Å²) in [5, 5.41) is 10.9. The standard InChI is InChI=1S/C14H16FN3O2S/c1-2-3-8-16-12(19)9-21-14-18-17-13(20-14)10-4-6-11(15)7-5-10/h4-7H,2-3,8-9H2,1H3,(H,16,19). The molecule has 0 unspecified atom stereocenters. The van der Waals surface area contributed by atoms with Crippen LogP contribution >= 0.6 is 11.8 Å². The lowest BCUT2D eigenvalue weighted by atomic mass is 10.2. The van der Waals surface area contributed by atoms with Gasteiger partial charge < -0.3 is 9.73 Å². The highest BCUT2D eigenvalue weighted by Crippen LogP contribution is 2.23. The van der Waals surface area contributed by atoms with Crippen molar-refractivity contribution in [1.29, 1.82) is 0 Å². The maximum atomic E-state index is 12.8. The summed E-state index contributed by atoms with van der Waals surface area (Å²) in [5.41, 5.74) is 0.642. The molecule has 0 fully saturated rings. The monoisotopic (exact) mass is 309 g/mol. The topological polar surface area (TPSA) is 68.0 Å². The zero-order valence-corrected chi connectivity index (χ0v) is 12.5. The molecule has 7 heteroatoms. The molecule has 0 saturated carbocycles. The van der Waals surface area contributed by atoms with Crippen molar-refractivity contribution in [1.82, 2.24) is 15.5 Å². The van der Waals surface area contributed by atoms with Gasteiger partial charge in [-0.25, -0.2) is 4.39 Å². The summed E-state index contributed by atoms with van der Waals surface area (Å²) in [5.74, 6) is 0.157. The van der Waals surface area contributed by atoms with Crippen molar-refractivity contribution >= 4 is 17.7 Å². The quantitative estimate of drug-likeness (QED) is 0.629. The number of rotatable bonds is 7. The highest BCUT2D eigenvalue weighted by molar-refractivity contribution is 7.99. The number of hydrogen-bond donors (Lipinski definition) is 1. The van der Waals surface area contributed by atoms with E-state index in [0.29, 0.717) is 23.2 Å². The smallest absolute Gasteiger partial charge is 0.277 e. The second kappa shape index (κ2) is 7.78. The molecular weight excluding hydrogens is 293 g/mol. The van der Waals surface area contributed by atoms with Crippen LogP contribution in [0.15, 0.2) is 33.9 Å². The zero-order valence-electron chi connectivity index (χ0n) is 11.6. The number of benzene rings is 1. The van der Waals surface area contributed by atoms with E-state index in [1.807, 2.05) is 0 Å². The van der Waals surface area contributed by atoms with E-state index in [0.717, 1.165) is 12.8 Å². The van der Waals surface area contributed by atoms with Gasteiger partial charge in [-0.1, -0.05) is 25.1 Å². The highest BCUT2D eigenvalue weighted by Gasteiger charge is 2.11. The van der Waals surface area contributed by atoms with E-state index in [4.69, 9.17) is 4.42 Å². The molecule has 0 saturated heterocycles. The minimum absolute atomic E-state index is 0.0602. The van der Waals surface area contributed by atoms with E-state index >= 15 is 0 Å². The molecule has 0 radical (unpaired) electrons. The third-order valence-corrected chi connectivity index (χ3v) is 3.50. The highest BCUT2D eigenvalue weighted by atomic mass is 32.2. The Balaban J connectivity index is 1.86. The molecule has 1 N–H and O–H groups in total. The number of nitrogens with zero attached hydrogens (tertiary/aromatic N) is 2. The molecule has 0 bridgehead atoms. The molecule has 5 nitrogen and oxygen atoms in total. The number of hydrogen-bond acceptors (Lipinski definition) is 5. The average molecular weight is 309 g/mol. The van der Waals surface area contributed by atoms with Crippen molar-refractivity contribution in [3.8, 4) is 11.5 Å². The van der Waals surface area contributed by atoms with Crippen molar-refractivity contribution in [2.45, 2.75) is 25.0 Å². The molecule has 0 aliphatic rings.